The number of ether oxygens (including phenoxy) is 1. The molecule has 2 rings (SSSR count). The van der Waals surface area contributed by atoms with Gasteiger partial charge in [0.2, 0.25) is 11.8 Å². The Morgan fingerprint density at radius 1 is 1.26 bits per heavy atom. The van der Waals surface area contributed by atoms with Gasteiger partial charge in [-0.1, -0.05) is 12.2 Å². The Kier molecular flexibility index (Phi) is 4.05. The molecule has 4 N–H and O–H groups in total. The zero-order valence-electron chi connectivity index (χ0n) is 10.8. The lowest BCUT2D eigenvalue weighted by molar-refractivity contribution is -0.146. The standard InChI is InChI=1S/C12H19N3O3S/c13-9(16)8-2-1-5-15(8)11(17)12(10(14)19)3-6-18-7-4-12/h8H,1-7H2,(H2,13,16)(H2,14,19). The fraction of sp³-hybridized carbons (Fsp3) is 0.750. The maximum Gasteiger partial charge on any atom is 0.240 e. The van der Waals surface area contributed by atoms with E-state index < -0.39 is 17.4 Å². The summed E-state index contributed by atoms with van der Waals surface area (Å²) in [4.78, 5) is 25.9. The van der Waals surface area contributed by atoms with Crippen molar-refractivity contribution >= 4 is 29.0 Å². The number of hydrogen-bond acceptors (Lipinski definition) is 4. The van der Waals surface area contributed by atoms with E-state index in [1.165, 1.54) is 0 Å². The third-order valence-electron chi connectivity index (χ3n) is 4.07. The van der Waals surface area contributed by atoms with Crippen molar-refractivity contribution in [2.24, 2.45) is 16.9 Å². The largest absolute Gasteiger partial charge is 0.392 e. The summed E-state index contributed by atoms with van der Waals surface area (Å²) in [5.41, 5.74) is 10.3. The minimum Gasteiger partial charge on any atom is -0.392 e. The number of carbonyl (C=O) groups excluding carboxylic acids is 2. The normalized spacial score (nSPS) is 26.1. The van der Waals surface area contributed by atoms with Gasteiger partial charge in [0, 0.05) is 19.8 Å². The van der Waals surface area contributed by atoms with Crippen molar-refractivity contribution in [3.8, 4) is 0 Å². The number of nitrogens with two attached hydrogens (primary N) is 2. The average Bonchev–Trinajstić information content (AvgIpc) is 2.87. The van der Waals surface area contributed by atoms with Crippen LogP contribution >= 0.6 is 12.2 Å². The van der Waals surface area contributed by atoms with Gasteiger partial charge in [0.25, 0.3) is 0 Å². The molecule has 0 radical (unpaired) electrons. The van der Waals surface area contributed by atoms with Crippen LogP contribution in [0.15, 0.2) is 0 Å². The number of amides is 2. The number of hydrogen-bond donors (Lipinski definition) is 2. The van der Waals surface area contributed by atoms with Crippen LogP contribution in [0.1, 0.15) is 25.7 Å². The lowest BCUT2D eigenvalue weighted by atomic mass is 9.78. The number of nitrogens with zero attached hydrogens (tertiary/aromatic N) is 1. The summed E-state index contributed by atoms with van der Waals surface area (Å²) in [6.45, 7) is 1.45. The van der Waals surface area contributed by atoms with Crippen LogP contribution in [0.25, 0.3) is 0 Å². The van der Waals surface area contributed by atoms with Crippen LogP contribution in [0, 0.1) is 5.41 Å². The molecule has 19 heavy (non-hydrogen) atoms. The fourth-order valence-corrected chi connectivity index (χ4v) is 3.16. The summed E-state index contributed by atoms with van der Waals surface area (Å²) in [7, 11) is 0. The molecule has 0 aromatic rings. The fourth-order valence-electron chi connectivity index (χ4n) is 2.87. The van der Waals surface area contributed by atoms with Gasteiger partial charge in [-0.05, 0) is 25.7 Å². The van der Waals surface area contributed by atoms with Gasteiger partial charge >= 0.3 is 0 Å². The maximum atomic E-state index is 12.8. The first-order chi connectivity index (χ1) is 8.99. The molecule has 2 aliphatic rings. The first kappa shape index (κ1) is 14.2. The van der Waals surface area contributed by atoms with Crippen LogP contribution in [-0.2, 0) is 14.3 Å². The van der Waals surface area contributed by atoms with Crippen LogP contribution < -0.4 is 11.5 Å². The van der Waals surface area contributed by atoms with E-state index in [2.05, 4.69) is 0 Å². The van der Waals surface area contributed by atoms with Gasteiger partial charge < -0.3 is 21.1 Å². The van der Waals surface area contributed by atoms with E-state index >= 15 is 0 Å². The molecule has 2 heterocycles. The number of likely N-dealkylation sites (tertiary alicyclic amines) is 1. The first-order valence-corrected chi connectivity index (χ1v) is 6.88. The smallest absolute Gasteiger partial charge is 0.240 e. The molecule has 0 saturated carbocycles. The Bertz CT molecular complexity index is 407. The van der Waals surface area contributed by atoms with Crippen molar-refractivity contribution in [2.45, 2.75) is 31.7 Å². The molecule has 7 heteroatoms. The third-order valence-corrected chi connectivity index (χ3v) is 4.46. The first-order valence-electron chi connectivity index (χ1n) is 6.47. The second kappa shape index (κ2) is 5.42. The van der Waals surface area contributed by atoms with Gasteiger partial charge in [-0.15, -0.1) is 0 Å². The van der Waals surface area contributed by atoms with Crippen LogP contribution in [-0.4, -0.2) is 47.5 Å². The zero-order chi connectivity index (χ0) is 14.0. The molecular formula is C12H19N3O3S. The topological polar surface area (TPSA) is 98.7 Å². The SMILES string of the molecule is NC(=O)C1CCCN1C(=O)C1(C(N)=S)CCOCC1. The molecule has 1 atom stereocenters. The van der Waals surface area contributed by atoms with Crippen molar-refractivity contribution in [3.63, 3.8) is 0 Å². The Morgan fingerprint density at radius 2 is 1.89 bits per heavy atom. The van der Waals surface area contributed by atoms with Crippen molar-refractivity contribution in [2.75, 3.05) is 19.8 Å². The molecule has 2 aliphatic heterocycles. The van der Waals surface area contributed by atoms with Crippen LogP contribution in [0.4, 0.5) is 0 Å². The molecule has 2 saturated heterocycles. The van der Waals surface area contributed by atoms with Crippen molar-refractivity contribution < 1.29 is 14.3 Å². The van der Waals surface area contributed by atoms with E-state index in [9.17, 15) is 9.59 Å². The maximum absolute atomic E-state index is 12.8. The molecule has 1 unspecified atom stereocenters. The van der Waals surface area contributed by atoms with E-state index in [-0.39, 0.29) is 10.9 Å². The molecule has 106 valence electrons. The molecule has 2 fully saturated rings. The number of thiocarbonyl (C=S) groups is 1. The molecule has 2 amide bonds. The summed E-state index contributed by atoms with van der Waals surface area (Å²) in [6.07, 6.45) is 2.35. The quantitative estimate of drug-likeness (QED) is 0.684. The number of carbonyl (C=O) groups is 2. The summed E-state index contributed by atoms with van der Waals surface area (Å²) in [6, 6.07) is -0.526. The summed E-state index contributed by atoms with van der Waals surface area (Å²) < 4.78 is 5.28. The van der Waals surface area contributed by atoms with Gasteiger partial charge in [-0.25, -0.2) is 0 Å². The van der Waals surface area contributed by atoms with Gasteiger partial charge in [-0.2, -0.15) is 0 Å². The van der Waals surface area contributed by atoms with Crippen LogP contribution in [0.5, 0.6) is 0 Å². The van der Waals surface area contributed by atoms with E-state index in [4.69, 9.17) is 28.4 Å². The highest BCUT2D eigenvalue weighted by molar-refractivity contribution is 7.80. The summed E-state index contributed by atoms with van der Waals surface area (Å²) in [5.74, 6) is -0.624. The third kappa shape index (κ3) is 2.44. The van der Waals surface area contributed by atoms with E-state index in [0.29, 0.717) is 39.0 Å². The van der Waals surface area contributed by atoms with Crippen molar-refractivity contribution in [1.29, 1.82) is 0 Å². The molecule has 0 bridgehead atoms. The zero-order valence-corrected chi connectivity index (χ0v) is 11.6. The Labute approximate surface area is 117 Å². The number of rotatable bonds is 3. The highest BCUT2D eigenvalue weighted by Crippen LogP contribution is 2.35. The van der Waals surface area contributed by atoms with Gasteiger partial charge in [0.05, 0.1) is 4.99 Å². The highest BCUT2D eigenvalue weighted by atomic mass is 32.1. The van der Waals surface area contributed by atoms with E-state index in [1.54, 1.807) is 4.90 Å². The molecule has 0 aliphatic carbocycles. The lowest BCUT2D eigenvalue weighted by Crippen LogP contribution is -2.56. The van der Waals surface area contributed by atoms with Crippen LogP contribution in [0.3, 0.4) is 0 Å². The summed E-state index contributed by atoms with van der Waals surface area (Å²) in [5, 5.41) is 0. The van der Waals surface area contributed by atoms with Gasteiger partial charge in [-0.3, -0.25) is 9.59 Å². The minimum atomic E-state index is -0.869. The average molecular weight is 285 g/mol. The van der Waals surface area contributed by atoms with E-state index in [0.717, 1.165) is 6.42 Å². The molecule has 0 aromatic carbocycles. The Hall–Kier alpha value is -1.21. The number of primary amides is 1. The van der Waals surface area contributed by atoms with Crippen LogP contribution in [0.2, 0.25) is 0 Å². The lowest BCUT2D eigenvalue weighted by Gasteiger charge is -2.39. The highest BCUT2D eigenvalue weighted by Gasteiger charge is 2.48. The Balaban J connectivity index is 2.24. The minimum absolute atomic E-state index is 0.162. The Morgan fingerprint density at radius 3 is 2.42 bits per heavy atom. The second-order valence-electron chi connectivity index (χ2n) is 5.12. The van der Waals surface area contributed by atoms with Gasteiger partial charge in [0.1, 0.15) is 11.5 Å². The predicted octanol–water partition coefficient (Wildman–Crippen LogP) is -0.454. The van der Waals surface area contributed by atoms with Gasteiger partial charge in [0.15, 0.2) is 0 Å². The summed E-state index contributed by atoms with van der Waals surface area (Å²) >= 11 is 5.10. The van der Waals surface area contributed by atoms with Crippen molar-refractivity contribution in [1.82, 2.24) is 4.90 Å². The predicted molar refractivity (Wildman–Crippen MR) is 73.2 cm³/mol. The molecule has 0 spiro atoms. The van der Waals surface area contributed by atoms with E-state index in [1.807, 2.05) is 0 Å². The molecular weight excluding hydrogens is 266 g/mol. The monoisotopic (exact) mass is 285 g/mol. The molecule has 0 aromatic heterocycles. The van der Waals surface area contributed by atoms with Crippen molar-refractivity contribution in [3.05, 3.63) is 0 Å². The molecule has 6 nitrogen and oxygen atoms in total. The second-order valence-corrected chi connectivity index (χ2v) is 5.56.